The molecule has 1 unspecified atom stereocenters. The zero-order valence-electron chi connectivity index (χ0n) is 15.0. The van der Waals surface area contributed by atoms with Gasteiger partial charge in [-0.1, -0.05) is 17.7 Å². The highest BCUT2D eigenvalue weighted by Gasteiger charge is 2.30. The summed E-state index contributed by atoms with van der Waals surface area (Å²) in [7, 11) is 0. The van der Waals surface area contributed by atoms with E-state index in [0.29, 0.717) is 42.9 Å². The van der Waals surface area contributed by atoms with Gasteiger partial charge in [-0.2, -0.15) is 0 Å². The molecule has 8 heteroatoms. The van der Waals surface area contributed by atoms with Crippen molar-refractivity contribution in [2.45, 2.75) is 6.04 Å². The molecule has 1 aliphatic heterocycles. The highest BCUT2D eigenvalue weighted by Crippen LogP contribution is 2.23. The summed E-state index contributed by atoms with van der Waals surface area (Å²) in [5, 5.41) is 3.88. The smallest absolute Gasteiger partial charge is 0.276 e. The van der Waals surface area contributed by atoms with Gasteiger partial charge in [-0.3, -0.25) is 9.78 Å². The molecule has 144 valence electrons. The number of oxazole rings is 1. The molecule has 28 heavy (non-hydrogen) atoms. The van der Waals surface area contributed by atoms with Crippen LogP contribution in [0.1, 0.15) is 10.5 Å². The zero-order valence-corrected chi connectivity index (χ0v) is 15.8. The van der Waals surface area contributed by atoms with E-state index >= 15 is 0 Å². The molecule has 3 heterocycles. The van der Waals surface area contributed by atoms with Crippen LogP contribution in [0.15, 0.2) is 59.5 Å². The van der Waals surface area contributed by atoms with Crippen LogP contribution in [-0.4, -0.2) is 53.1 Å². The summed E-state index contributed by atoms with van der Waals surface area (Å²) in [6.45, 7) is 2.29. The van der Waals surface area contributed by atoms with Crippen molar-refractivity contribution in [2.24, 2.45) is 0 Å². The Labute approximate surface area is 167 Å². The molecule has 1 amide bonds. The molecule has 0 radical (unpaired) electrons. The van der Waals surface area contributed by atoms with Gasteiger partial charge >= 0.3 is 0 Å². The second-order valence-corrected chi connectivity index (χ2v) is 6.84. The van der Waals surface area contributed by atoms with E-state index < -0.39 is 0 Å². The largest absolute Gasteiger partial charge is 0.490 e. The van der Waals surface area contributed by atoms with Gasteiger partial charge < -0.3 is 19.4 Å². The van der Waals surface area contributed by atoms with Crippen LogP contribution >= 0.6 is 11.6 Å². The molecule has 1 fully saturated rings. The second kappa shape index (κ2) is 8.41. The molecule has 4 rings (SSSR count). The summed E-state index contributed by atoms with van der Waals surface area (Å²) in [4.78, 5) is 23.2. The number of aromatic nitrogens is 2. The molecule has 1 atom stereocenters. The molecule has 1 aromatic carbocycles. The molecule has 1 N–H and O–H groups in total. The number of ether oxygens (including phenoxy) is 1. The standard InChI is InChI=1S/C20H19ClN4O3/c21-15-4-1-3-14(9-15)19-24-18(13-28-19)20(26)25-8-7-23-10-16(25)12-27-17-5-2-6-22-11-17/h1-6,9,11,13,16,23H,7-8,10,12H2. The van der Waals surface area contributed by atoms with Crippen LogP contribution in [0.2, 0.25) is 5.02 Å². The first kappa shape index (κ1) is 18.5. The number of rotatable bonds is 5. The van der Waals surface area contributed by atoms with Crippen molar-refractivity contribution in [3.8, 4) is 17.2 Å². The Balaban J connectivity index is 1.47. The molecular weight excluding hydrogens is 380 g/mol. The van der Waals surface area contributed by atoms with Crippen LogP contribution in [0.25, 0.3) is 11.5 Å². The first-order chi connectivity index (χ1) is 13.7. The van der Waals surface area contributed by atoms with Gasteiger partial charge in [-0.05, 0) is 30.3 Å². The minimum atomic E-state index is -0.182. The maximum Gasteiger partial charge on any atom is 0.276 e. The minimum Gasteiger partial charge on any atom is -0.490 e. The molecule has 7 nitrogen and oxygen atoms in total. The monoisotopic (exact) mass is 398 g/mol. The average molecular weight is 399 g/mol. The fraction of sp³-hybridized carbons (Fsp3) is 0.250. The number of pyridine rings is 1. The van der Waals surface area contributed by atoms with Crippen molar-refractivity contribution in [2.75, 3.05) is 26.2 Å². The van der Waals surface area contributed by atoms with E-state index in [9.17, 15) is 4.79 Å². The maximum atomic E-state index is 13.0. The normalized spacial score (nSPS) is 16.8. The number of hydrogen-bond acceptors (Lipinski definition) is 6. The van der Waals surface area contributed by atoms with Gasteiger partial charge in [0.15, 0.2) is 5.69 Å². The zero-order chi connectivity index (χ0) is 19.3. The molecule has 0 bridgehead atoms. The Morgan fingerprint density at radius 1 is 1.36 bits per heavy atom. The lowest BCUT2D eigenvalue weighted by atomic mass is 10.2. The Morgan fingerprint density at radius 2 is 2.29 bits per heavy atom. The highest BCUT2D eigenvalue weighted by molar-refractivity contribution is 6.30. The lowest BCUT2D eigenvalue weighted by Gasteiger charge is -2.35. The van der Waals surface area contributed by atoms with Gasteiger partial charge in [0.2, 0.25) is 5.89 Å². The Kier molecular flexibility index (Phi) is 5.55. The summed E-state index contributed by atoms with van der Waals surface area (Å²) in [6.07, 6.45) is 4.73. The van der Waals surface area contributed by atoms with Crippen molar-refractivity contribution < 1.29 is 13.9 Å². The SMILES string of the molecule is O=C(c1coc(-c2cccc(Cl)c2)n1)N1CCNCC1COc1cccnc1. The number of hydrogen-bond donors (Lipinski definition) is 1. The number of nitrogens with zero attached hydrogens (tertiary/aromatic N) is 3. The predicted octanol–water partition coefficient (Wildman–Crippen LogP) is 2.88. The molecular formula is C20H19ClN4O3. The first-order valence-electron chi connectivity index (χ1n) is 8.97. The van der Waals surface area contributed by atoms with Crippen molar-refractivity contribution in [1.82, 2.24) is 20.2 Å². The number of halogens is 1. The number of piperazine rings is 1. The Hall–Kier alpha value is -2.90. The predicted molar refractivity (Wildman–Crippen MR) is 104 cm³/mol. The average Bonchev–Trinajstić information content (AvgIpc) is 3.23. The summed E-state index contributed by atoms with van der Waals surface area (Å²) >= 11 is 6.02. The van der Waals surface area contributed by atoms with Crippen molar-refractivity contribution >= 4 is 17.5 Å². The van der Waals surface area contributed by atoms with Gasteiger partial charge in [-0.25, -0.2) is 4.98 Å². The lowest BCUT2D eigenvalue weighted by molar-refractivity contribution is 0.0553. The van der Waals surface area contributed by atoms with E-state index in [1.165, 1.54) is 6.26 Å². The topological polar surface area (TPSA) is 80.5 Å². The number of carbonyl (C=O) groups is 1. The van der Waals surface area contributed by atoms with Gasteiger partial charge in [-0.15, -0.1) is 0 Å². The van der Waals surface area contributed by atoms with Gasteiger partial charge in [0, 0.05) is 36.4 Å². The number of amides is 1. The summed E-state index contributed by atoms with van der Waals surface area (Å²) in [5.41, 5.74) is 0.992. The van der Waals surface area contributed by atoms with Crippen LogP contribution in [0.5, 0.6) is 5.75 Å². The van der Waals surface area contributed by atoms with Crippen LogP contribution in [0, 0.1) is 0 Å². The van der Waals surface area contributed by atoms with Crippen LogP contribution in [0.3, 0.4) is 0 Å². The first-order valence-corrected chi connectivity index (χ1v) is 9.34. The van der Waals surface area contributed by atoms with Crippen molar-refractivity contribution in [3.63, 3.8) is 0 Å². The molecule has 2 aromatic heterocycles. The van der Waals surface area contributed by atoms with Crippen LogP contribution in [-0.2, 0) is 0 Å². The van der Waals surface area contributed by atoms with E-state index in [0.717, 1.165) is 5.56 Å². The molecule has 3 aromatic rings. The van der Waals surface area contributed by atoms with E-state index in [1.807, 2.05) is 24.3 Å². The third kappa shape index (κ3) is 4.16. The van der Waals surface area contributed by atoms with Crippen molar-refractivity contribution in [1.29, 1.82) is 0 Å². The number of benzene rings is 1. The minimum absolute atomic E-state index is 0.118. The van der Waals surface area contributed by atoms with E-state index in [-0.39, 0.29) is 17.6 Å². The Morgan fingerprint density at radius 3 is 3.11 bits per heavy atom. The van der Waals surface area contributed by atoms with Gasteiger partial charge in [0.05, 0.1) is 12.2 Å². The molecule has 0 saturated carbocycles. The van der Waals surface area contributed by atoms with Crippen molar-refractivity contribution in [3.05, 3.63) is 65.8 Å². The summed E-state index contributed by atoms with van der Waals surface area (Å²) in [5.74, 6) is 0.854. The molecule has 1 aliphatic rings. The Bertz CT molecular complexity index is 947. The van der Waals surface area contributed by atoms with Crippen LogP contribution < -0.4 is 10.1 Å². The number of carbonyl (C=O) groups excluding carboxylic acids is 1. The second-order valence-electron chi connectivity index (χ2n) is 6.40. The fourth-order valence-electron chi connectivity index (χ4n) is 3.08. The fourth-order valence-corrected chi connectivity index (χ4v) is 3.27. The lowest BCUT2D eigenvalue weighted by Crippen LogP contribution is -2.56. The third-order valence-electron chi connectivity index (χ3n) is 4.48. The molecule has 1 saturated heterocycles. The van der Waals surface area contributed by atoms with Gasteiger partial charge in [0.1, 0.15) is 18.6 Å². The van der Waals surface area contributed by atoms with E-state index in [1.54, 1.807) is 29.4 Å². The van der Waals surface area contributed by atoms with E-state index in [2.05, 4.69) is 15.3 Å². The number of nitrogens with one attached hydrogen (secondary N) is 1. The maximum absolute atomic E-state index is 13.0. The summed E-state index contributed by atoms with van der Waals surface area (Å²) in [6, 6.07) is 10.7. The quantitative estimate of drug-likeness (QED) is 0.711. The van der Waals surface area contributed by atoms with Gasteiger partial charge in [0.25, 0.3) is 5.91 Å². The highest BCUT2D eigenvalue weighted by atomic mass is 35.5. The van der Waals surface area contributed by atoms with E-state index in [4.69, 9.17) is 20.8 Å². The van der Waals surface area contributed by atoms with Crippen LogP contribution in [0.4, 0.5) is 0 Å². The molecule has 0 aliphatic carbocycles. The third-order valence-corrected chi connectivity index (χ3v) is 4.72. The summed E-state index contributed by atoms with van der Waals surface area (Å²) < 4.78 is 11.3. The molecule has 0 spiro atoms.